The van der Waals surface area contributed by atoms with Crippen LogP contribution in [0.15, 0.2) is 41.6 Å². The van der Waals surface area contributed by atoms with Crippen LogP contribution in [0.3, 0.4) is 0 Å². The van der Waals surface area contributed by atoms with Crippen LogP contribution in [0, 0.1) is 0 Å². The molecule has 9 heteroatoms. The summed E-state index contributed by atoms with van der Waals surface area (Å²) >= 11 is 0. The van der Waals surface area contributed by atoms with Crippen molar-refractivity contribution in [3.8, 4) is 5.88 Å². The van der Waals surface area contributed by atoms with Gasteiger partial charge in [0.2, 0.25) is 11.7 Å². The van der Waals surface area contributed by atoms with E-state index in [1.165, 1.54) is 89.4 Å². The Bertz CT molecular complexity index is 965. The molecular formula is C25H38N4O4S. The first kappa shape index (κ1) is 27.6. The average Bonchev–Trinajstić information content (AvgIpc) is 2.83. The van der Waals surface area contributed by atoms with Crippen molar-refractivity contribution >= 4 is 27.4 Å². The van der Waals surface area contributed by atoms with E-state index in [1.807, 2.05) is 0 Å². The Kier molecular flexibility index (Phi) is 12.4. The van der Waals surface area contributed by atoms with Crippen LogP contribution in [0.25, 0.3) is 0 Å². The third-order valence-electron chi connectivity index (χ3n) is 5.54. The molecule has 1 amide bonds. The fraction of sp³-hybridized carbons (Fsp3) is 0.560. The molecule has 34 heavy (non-hydrogen) atoms. The maximum atomic E-state index is 12.6. The van der Waals surface area contributed by atoms with Gasteiger partial charge in [-0.2, -0.15) is 0 Å². The van der Waals surface area contributed by atoms with Crippen LogP contribution in [0.5, 0.6) is 5.88 Å². The van der Waals surface area contributed by atoms with Gasteiger partial charge in [0.1, 0.15) is 0 Å². The third kappa shape index (κ3) is 10.1. The number of rotatable bonds is 17. The minimum Gasteiger partial charge on any atom is -0.478 e. The number of ether oxygens (including phenoxy) is 1. The monoisotopic (exact) mass is 490 g/mol. The summed E-state index contributed by atoms with van der Waals surface area (Å²) in [6, 6.07) is 6.01. The number of unbranched alkanes of at least 4 members (excludes halogenated alkanes) is 10. The Labute approximate surface area is 204 Å². The number of sulfonamides is 1. The Morgan fingerprint density at radius 3 is 2.00 bits per heavy atom. The first-order chi connectivity index (χ1) is 16.5. The van der Waals surface area contributed by atoms with Gasteiger partial charge in [0.25, 0.3) is 15.9 Å². The summed E-state index contributed by atoms with van der Waals surface area (Å²) in [6.45, 7) is 2.24. The normalized spacial score (nSPS) is 11.2. The fourth-order valence-corrected chi connectivity index (χ4v) is 4.63. The van der Waals surface area contributed by atoms with E-state index >= 15 is 0 Å². The number of hydrogen-bond acceptors (Lipinski definition) is 6. The van der Waals surface area contributed by atoms with Crippen molar-refractivity contribution in [2.75, 3.05) is 17.1 Å². The number of anilines is 2. The molecule has 2 N–H and O–H groups in total. The lowest BCUT2D eigenvalue weighted by Crippen LogP contribution is -2.15. The van der Waals surface area contributed by atoms with Gasteiger partial charge in [0, 0.05) is 24.5 Å². The fourth-order valence-electron chi connectivity index (χ4n) is 3.62. The van der Waals surface area contributed by atoms with E-state index in [0.717, 1.165) is 12.8 Å². The summed E-state index contributed by atoms with van der Waals surface area (Å²) < 4.78 is 32.6. The van der Waals surface area contributed by atoms with E-state index in [-0.39, 0.29) is 22.5 Å². The van der Waals surface area contributed by atoms with Crippen LogP contribution in [0.1, 0.15) is 84.0 Å². The average molecular weight is 491 g/mol. The van der Waals surface area contributed by atoms with E-state index in [9.17, 15) is 13.2 Å². The van der Waals surface area contributed by atoms with Gasteiger partial charge in [-0.15, -0.1) is 0 Å². The molecule has 2 rings (SSSR count). The van der Waals surface area contributed by atoms with Crippen LogP contribution in [-0.4, -0.2) is 31.4 Å². The Morgan fingerprint density at radius 2 is 1.41 bits per heavy atom. The number of nitrogens with one attached hydrogen (secondary N) is 2. The van der Waals surface area contributed by atoms with Crippen LogP contribution in [0.4, 0.5) is 11.5 Å². The first-order valence-corrected chi connectivity index (χ1v) is 13.7. The summed E-state index contributed by atoms with van der Waals surface area (Å²) in [5, 5.41) is 2.83. The standard InChI is InChI=1S/C25H38N4O4S/c1-3-4-5-6-7-8-9-10-11-12-13-14-23(30)28-21-15-17-22(18-16-21)34(31,32)29-24-25(33-2)27-20-19-26-24/h15-20H,3-14H2,1-2H3,(H,26,29)(H,28,30). The topological polar surface area (TPSA) is 110 Å². The smallest absolute Gasteiger partial charge is 0.263 e. The van der Waals surface area contributed by atoms with Gasteiger partial charge in [-0.05, 0) is 30.7 Å². The summed E-state index contributed by atoms with van der Waals surface area (Å²) in [5.41, 5.74) is 0.559. The SMILES string of the molecule is CCCCCCCCCCCCCC(=O)Nc1ccc(S(=O)(=O)Nc2nccnc2OC)cc1. The molecule has 0 fully saturated rings. The molecule has 0 saturated heterocycles. The molecule has 0 unspecified atom stereocenters. The Morgan fingerprint density at radius 1 is 0.853 bits per heavy atom. The second-order valence-electron chi connectivity index (χ2n) is 8.38. The van der Waals surface area contributed by atoms with E-state index < -0.39 is 10.0 Å². The lowest BCUT2D eigenvalue weighted by atomic mass is 10.1. The highest BCUT2D eigenvalue weighted by Gasteiger charge is 2.18. The van der Waals surface area contributed by atoms with Crippen LogP contribution < -0.4 is 14.8 Å². The molecule has 0 aliphatic carbocycles. The molecule has 2 aromatic rings. The summed E-state index contributed by atoms with van der Waals surface area (Å²) in [7, 11) is -2.49. The minimum atomic E-state index is -3.87. The van der Waals surface area contributed by atoms with Crippen molar-refractivity contribution in [1.29, 1.82) is 0 Å². The molecule has 0 atom stereocenters. The van der Waals surface area contributed by atoms with Crippen LogP contribution in [0.2, 0.25) is 0 Å². The highest BCUT2D eigenvalue weighted by atomic mass is 32.2. The van der Waals surface area contributed by atoms with Crippen LogP contribution >= 0.6 is 0 Å². The van der Waals surface area contributed by atoms with Crippen molar-refractivity contribution in [2.24, 2.45) is 0 Å². The number of amides is 1. The molecule has 0 aliphatic heterocycles. The summed E-state index contributed by atoms with van der Waals surface area (Å²) in [6.07, 6.45) is 16.9. The van der Waals surface area contributed by atoms with Crippen molar-refractivity contribution in [3.63, 3.8) is 0 Å². The van der Waals surface area contributed by atoms with E-state index in [2.05, 4.69) is 26.9 Å². The van der Waals surface area contributed by atoms with Gasteiger partial charge in [-0.25, -0.2) is 18.4 Å². The minimum absolute atomic E-state index is 0.00866. The Hall–Kier alpha value is -2.68. The van der Waals surface area contributed by atoms with Gasteiger partial charge in [-0.3, -0.25) is 9.52 Å². The van der Waals surface area contributed by atoms with Crippen LogP contribution in [-0.2, 0) is 14.8 Å². The summed E-state index contributed by atoms with van der Waals surface area (Å²) in [5.74, 6) is 0.0284. The highest BCUT2D eigenvalue weighted by molar-refractivity contribution is 7.92. The predicted molar refractivity (Wildman–Crippen MR) is 136 cm³/mol. The molecule has 8 nitrogen and oxygen atoms in total. The first-order valence-electron chi connectivity index (χ1n) is 12.2. The second-order valence-corrected chi connectivity index (χ2v) is 10.1. The molecule has 0 saturated carbocycles. The number of carbonyl (C=O) groups is 1. The maximum Gasteiger partial charge on any atom is 0.263 e. The van der Waals surface area contributed by atoms with Gasteiger partial charge in [0.15, 0.2) is 0 Å². The predicted octanol–water partition coefficient (Wildman–Crippen LogP) is 5.93. The molecular weight excluding hydrogens is 452 g/mol. The van der Waals surface area contributed by atoms with Gasteiger partial charge < -0.3 is 10.1 Å². The van der Waals surface area contributed by atoms with Gasteiger partial charge in [0.05, 0.1) is 12.0 Å². The third-order valence-corrected chi connectivity index (χ3v) is 6.90. The number of aromatic nitrogens is 2. The number of methoxy groups -OCH3 is 1. The zero-order valence-corrected chi connectivity index (χ0v) is 21.2. The van der Waals surface area contributed by atoms with Crippen molar-refractivity contribution in [1.82, 2.24) is 9.97 Å². The summed E-state index contributed by atoms with van der Waals surface area (Å²) in [4.78, 5) is 20.1. The van der Waals surface area contributed by atoms with E-state index in [1.54, 1.807) is 12.1 Å². The zero-order chi connectivity index (χ0) is 24.7. The van der Waals surface area contributed by atoms with Crippen molar-refractivity contribution in [2.45, 2.75) is 88.9 Å². The van der Waals surface area contributed by atoms with E-state index in [0.29, 0.717) is 12.1 Å². The quantitative estimate of drug-likeness (QED) is 0.266. The number of nitrogens with zero attached hydrogens (tertiary/aromatic N) is 2. The van der Waals surface area contributed by atoms with E-state index in [4.69, 9.17) is 4.74 Å². The number of hydrogen-bond donors (Lipinski definition) is 2. The zero-order valence-electron chi connectivity index (χ0n) is 20.4. The number of carbonyl (C=O) groups excluding carboxylic acids is 1. The molecule has 0 spiro atoms. The van der Waals surface area contributed by atoms with Gasteiger partial charge >= 0.3 is 0 Å². The number of benzene rings is 1. The van der Waals surface area contributed by atoms with Crippen molar-refractivity contribution < 1.29 is 17.9 Å². The molecule has 1 heterocycles. The lowest BCUT2D eigenvalue weighted by molar-refractivity contribution is -0.116. The molecule has 188 valence electrons. The highest BCUT2D eigenvalue weighted by Crippen LogP contribution is 2.22. The van der Waals surface area contributed by atoms with Gasteiger partial charge in [-0.1, -0.05) is 71.1 Å². The molecule has 0 aliphatic rings. The van der Waals surface area contributed by atoms with Crippen molar-refractivity contribution in [3.05, 3.63) is 36.7 Å². The molecule has 1 aromatic heterocycles. The molecule has 0 bridgehead atoms. The Balaban J connectivity index is 1.67. The lowest BCUT2D eigenvalue weighted by Gasteiger charge is -2.10. The maximum absolute atomic E-state index is 12.6. The second kappa shape index (κ2) is 15.3. The largest absolute Gasteiger partial charge is 0.478 e. The molecule has 1 aromatic carbocycles. The molecule has 0 radical (unpaired) electrons.